The van der Waals surface area contributed by atoms with Crippen LogP contribution in [0.4, 0.5) is 0 Å². The monoisotopic (exact) mass is 497 g/mol. The molecule has 3 saturated carbocycles. The molecule has 7 atom stereocenters. The Morgan fingerprint density at radius 2 is 1.86 bits per heavy atom. The Hall–Kier alpha value is -1.14. The molecule has 1 aromatic rings. The van der Waals surface area contributed by atoms with Gasteiger partial charge in [0.25, 0.3) is 0 Å². The molecule has 0 spiro atoms. The fourth-order valence-electron chi connectivity index (χ4n) is 9.34. The summed E-state index contributed by atoms with van der Waals surface area (Å²) in [5.74, 6) is 1.99. The Kier molecular flexibility index (Phi) is 6.90. The van der Waals surface area contributed by atoms with Crippen LogP contribution in [0, 0.1) is 28.6 Å². The van der Waals surface area contributed by atoms with Gasteiger partial charge < -0.3 is 23.9 Å². The first-order chi connectivity index (χ1) is 17.4. The summed E-state index contributed by atoms with van der Waals surface area (Å²) in [6.45, 7) is 10.7. The van der Waals surface area contributed by atoms with Crippen LogP contribution in [0.15, 0.2) is 34.7 Å². The summed E-state index contributed by atoms with van der Waals surface area (Å²) in [5, 5.41) is 11.9. The predicted octanol–water partition coefficient (Wildman–Crippen LogP) is 5.93. The zero-order valence-electron chi connectivity index (χ0n) is 22.6. The van der Waals surface area contributed by atoms with Gasteiger partial charge in [0, 0.05) is 17.5 Å². The maximum atomic E-state index is 11.9. The number of allylic oxidation sites excluding steroid dienone is 1. The van der Waals surface area contributed by atoms with Gasteiger partial charge in [-0.1, -0.05) is 25.5 Å². The molecule has 4 aliphatic carbocycles. The van der Waals surface area contributed by atoms with Crippen LogP contribution in [-0.4, -0.2) is 55.6 Å². The van der Waals surface area contributed by atoms with Crippen LogP contribution in [-0.2, 0) is 15.1 Å². The summed E-state index contributed by atoms with van der Waals surface area (Å²) in [7, 11) is 0. The van der Waals surface area contributed by atoms with Crippen molar-refractivity contribution in [1.82, 2.24) is 4.90 Å². The lowest BCUT2D eigenvalue weighted by molar-refractivity contribution is -0.130. The molecule has 1 N–H and O–H groups in total. The molecule has 0 bridgehead atoms. The Labute approximate surface area is 217 Å². The number of ether oxygens (including phenoxy) is 2. The second kappa shape index (κ2) is 9.87. The maximum absolute atomic E-state index is 11.9. The van der Waals surface area contributed by atoms with Gasteiger partial charge in [0.15, 0.2) is 0 Å². The Morgan fingerprint density at radius 3 is 2.67 bits per heavy atom. The lowest BCUT2D eigenvalue weighted by Crippen LogP contribution is -2.53. The third-order valence-electron chi connectivity index (χ3n) is 11.5. The van der Waals surface area contributed by atoms with Crippen molar-refractivity contribution in [3.63, 3.8) is 0 Å². The van der Waals surface area contributed by atoms with E-state index in [1.54, 1.807) is 18.1 Å². The minimum Gasteiger partial charge on any atom is -0.472 e. The predicted molar refractivity (Wildman–Crippen MR) is 141 cm³/mol. The minimum atomic E-state index is -0.747. The normalized spacial score (nSPS) is 42.6. The molecular formula is C31H47NO4. The number of likely N-dealkylation sites (tertiary alicyclic amines) is 1. The van der Waals surface area contributed by atoms with E-state index in [1.165, 1.54) is 45.2 Å². The lowest BCUT2D eigenvalue weighted by Gasteiger charge is -2.59. The number of hydrogen-bond donors (Lipinski definition) is 1. The molecule has 1 aromatic heterocycles. The van der Waals surface area contributed by atoms with Crippen LogP contribution in [0.25, 0.3) is 0 Å². The van der Waals surface area contributed by atoms with Gasteiger partial charge in [0.2, 0.25) is 0 Å². The van der Waals surface area contributed by atoms with Crippen molar-refractivity contribution in [3.05, 3.63) is 35.8 Å². The minimum absolute atomic E-state index is 0.0607. The van der Waals surface area contributed by atoms with Gasteiger partial charge >= 0.3 is 0 Å². The molecule has 5 heteroatoms. The van der Waals surface area contributed by atoms with Gasteiger partial charge in [-0.05, 0) is 107 Å². The first-order valence-electron chi connectivity index (χ1n) is 14.8. The fraction of sp³-hybridized carbons (Fsp3) is 0.806. The molecule has 4 fully saturated rings. The molecule has 1 aliphatic heterocycles. The molecule has 1 saturated heterocycles. The first-order valence-corrected chi connectivity index (χ1v) is 14.8. The van der Waals surface area contributed by atoms with E-state index in [0.29, 0.717) is 36.6 Å². The third kappa shape index (κ3) is 4.13. The zero-order chi connectivity index (χ0) is 24.8. The Morgan fingerprint density at radius 1 is 1.03 bits per heavy atom. The highest BCUT2D eigenvalue weighted by Crippen LogP contribution is 2.69. The van der Waals surface area contributed by atoms with Gasteiger partial charge in [-0.25, -0.2) is 0 Å². The lowest BCUT2D eigenvalue weighted by atomic mass is 9.46. The van der Waals surface area contributed by atoms with Crippen LogP contribution in [0.5, 0.6) is 0 Å². The quantitative estimate of drug-likeness (QED) is 0.356. The molecule has 200 valence electrons. The average molecular weight is 498 g/mol. The van der Waals surface area contributed by atoms with Crippen molar-refractivity contribution in [2.45, 2.75) is 89.8 Å². The van der Waals surface area contributed by atoms with Gasteiger partial charge in [-0.15, -0.1) is 0 Å². The van der Waals surface area contributed by atoms with Crippen molar-refractivity contribution in [2.24, 2.45) is 28.6 Å². The topological polar surface area (TPSA) is 55.1 Å². The summed E-state index contributed by atoms with van der Waals surface area (Å²) < 4.78 is 17.6. The number of hydrogen-bond acceptors (Lipinski definition) is 5. The van der Waals surface area contributed by atoms with Gasteiger partial charge in [-0.2, -0.15) is 0 Å². The van der Waals surface area contributed by atoms with Crippen LogP contribution in [0.2, 0.25) is 0 Å². The summed E-state index contributed by atoms with van der Waals surface area (Å²) in [4.78, 5) is 2.50. The highest BCUT2D eigenvalue weighted by molar-refractivity contribution is 5.29. The fourth-order valence-corrected chi connectivity index (χ4v) is 9.34. The van der Waals surface area contributed by atoms with E-state index in [2.05, 4.69) is 24.8 Å². The van der Waals surface area contributed by atoms with Crippen LogP contribution < -0.4 is 0 Å². The van der Waals surface area contributed by atoms with E-state index in [4.69, 9.17) is 13.9 Å². The standard InChI is InChI=1S/C31H47NO4/c1-29-11-7-25(36-20-19-34-18-16-32-14-3-4-15-32)21-23(29)5-6-26-27(29)8-12-30(2)28(26)9-13-31(30,33)24-10-17-35-22-24/h5,10,17,22,25-28,33H,3-4,6-9,11-16,18-21H2,1-2H3/t25?,26-,27-,28+,29+,30+,31?/m1/s1. The van der Waals surface area contributed by atoms with E-state index < -0.39 is 5.60 Å². The van der Waals surface area contributed by atoms with E-state index in [1.807, 2.05) is 6.07 Å². The molecule has 6 rings (SSSR count). The van der Waals surface area contributed by atoms with Crippen molar-refractivity contribution in [2.75, 3.05) is 39.5 Å². The molecular weight excluding hydrogens is 450 g/mol. The van der Waals surface area contributed by atoms with E-state index in [-0.39, 0.29) is 5.41 Å². The van der Waals surface area contributed by atoms with E-state index in [0.717, 1.165) is 56.7 Å². The molecule has 2 unspecified atom stereocenters. The Balaban J connectivity index is 1.05. The number of furan rings is 1. The van der Waals surface area contributed by atoms with Gasteiger partial charge in [0.05, 0.1) is 44.1 Å². The summed E-state index contributed by atoms with van der Waals surface area (Å²) >= 11 is 0. The maximum Gasteiger partial charge on any atom is 0.0983 e. The molecule has 36 heavy (non-hydrogen) atoms. The van der Waals surface area contributed by atoms with Gasteiger partial charge in [0.1, 0.15) is 0 Å². The smallest absolute Gasteiger partial charge is 0.0983 e. The molecule has 0 radical (unpaired) electrons. The average Bonchev–Trinajstić information content (AvgIpc) is 3.64. The summed E-state index contributed by atoms with van der Waals surface area (Å²) in [6, 6.07) is 1.99. The number of fused-ring (bicyclic) bond motifs is 5. The van der Waals surface area contributed by atoms with Crippen molar-refractivity contribution in [1.29, 1.82) is 0 Å². The summed E-state index contributed by atoms with van der Waals surface area (Å²) in [6.07, 6.45) is 18.1. The number of aliphatic hydroxyl groups is 1. The molecule has 2 heterocycles. The highest BCUT2D eigenvalue weighted by atomic mass is 16.5. The second-order valence-corrected chi connectivity index (χ2v) is 13.0. The van der Waals surface area contributed by atoms with Crippen molar-refractivity contribution < 1.29 is 19.0 Å². The first kappa shape index (κ1) is 25.2. The molecule has 0 aromatic carbocycles. The SMILES string of the molecule is C[C@]12CCC(OCCOCCN3CCCC3)CC1=CC[C@@H]1[C@H]2CC[C@@]2(C)[C@H]1CCC2(O)c1ccoc1. The number of nitrogens with zero attached hydrogens (tertiary/aromatic N) is 1. The van der Waals surface area contributed by atoms with Crippen LogP contribution >= 0.6 is 0 Å². The van der Waals surface area contributed by atoms with Crippen LogP contribution in [0.3, 0.4) is 0 Å². The second-order valence-electron chi connectivity index (χ2n) is 13.0. The van der Waals surface area contributed by atoms with Crippen molar-refractivity contribution >= 4 is 0 Å². The largest absolute Gasteiger partial charge is 0.472 e. The third-order valence-corrected chi connectivity index (χ3v) is 11.5. The molecule has 0 amide bonds. The van der Waals surface area contributed by atoms with Crippen molar-refractivity contribution in [3.8, 4) is 0 Å². The van der Waals surface area contributed by atoms with E-state index >= 15 is 0 Å². The van der Waals surface area contributed by atoms with Gasteiger partial charge in [-0.3, -0.25) is 0 Å². The molecule has 5 nitrogen and oxygen atoms in total. The highest BCUT2D eigenvalue weighted by Gasteiger charge is 2.64. The summed E-state index contributed by atoms with van der Waals surface area (Å²) in [5.41, 5.74) is 2.13. The van der Waals surface area contributed by atoms with Crippen LogP contribution in [0.1, 0.15) is 83.6 Å². The molecule has 5 aliphatic rings. The van der Waals surface area contributed by atoms with E-state index in [9.17, 15) is 5.11 Å². The number of rotatable bonds is 8. The zero-order valence-corrected chi connectivity index (χ0v) is 22.6. The Bertz CT molecular complexity index is 923.